The van der Waals surface area contributed by atoms with Crippen LogP contribution in [0.1, 0.15) is 37.4 Å². The molecule has 5 nitrogen and oxygen atoms in total. The molecule has 31 heavy (non-hydrogen) atoms. The van der Waals surface area contributed by atoms with Gasteiger partial charge in [0.2, 0.25) is 0 Å². The quantitative estimate of drug-likeness (QED) is 0.616. The number of hydrogen-bond donors (Lipinski definition) is 0. The van der Waals surface area contributed by atoms with E-state index in [1.54, 1.807) is 12.3 Å². The molecule has 1 aliphatic carbocycles. The first-order chi connectivity index (χ1) is 15.1. The minimum absolute atomic E-state index is 0.0856. The summed E-state index contributed by atoms with van der Waals surface area (Å²) in [6.45, 7) is 5.62. The number of benzene rings is 2. The second-order valence-corrected chi connectivity index (χ2v) is 8.36. The zero-order valence-corrected chi connectivity index (χ0v) is 17.6. The number of rotatable bonds is 4. The molecule has 0 spiro atoms. The van der Waals surface area contributed by atoms with E-state index in [4.69, 9.17) is 0 Å². The maximum Gasteiger partial charge on any atom is 0.196 e. The first kappa shape index (κ1) is 19.8. The van der Waals surface area contributed by atoms with Gasteiger partial charge in [-0.1, -0.05) is 54.6 Å². The molecule has 0 bridgehead atoms. The van der Waals surface area contributed by atoms with E-state index in [9.17, 15) is 9.59 Å². The number of hydrogen-bond acceptors (Lipinski definition) is 5. The summed E-state index contributed by atoms with van der Waals surface area (Å²) >= 11 is 0. The van der Waals surface area contributed by atoms with E-state index >= 15 is 0 Å². The standard InChI is InChI=1S/C26H25N3O2/c1-19-7-5-11-22-23(19)25(31)26(24(22)30,21-9-3-2-4-10-21)29-15-13-28(14-16-29)18-20-8-6-12-27-17-20/h2-12,17H,13-16,18H2,1H3. The number of piperazine rings is 1. The van der Waals surface area contributed by atoms with Crippen LogP contribution in [0.5, 0.6) is 0 Å². The van der Waals surface area contributed by atoms with E-state index in [-0.39, 0.29) is 11.6 Å². The number of pyridine rings is 1. The third-order valence-electron chi connectivity index (χ3n) is 6.57. The van der Waals surface area contributed by atoms with Crippen molar-refractivity contribution in [1.29, 1.82) is 0 Å². The molecule has 3 aromatic rings. The van der Waals surface area contributed by atoms with Crippen molar-refractivity contribution in [2.75, 3.05) is 26.2 Å². The average molecular weight is 412 g/mol. The summed E-state index contributed by atoms with van der Waals surface area (Å²) in [5.41, 5.74) is 2.66. The second kappa shape index (κ2) is 7.84. The zero-order valence-electron chi connectivity index (χ0n) is 17.6. The van der Waals surface area contributed by atoms with Crippen LogP contribution in [-0.4, -0.2) is 52.5 Å². The lowest BCUT2D eigenvalue weighted by Crippen LogP contribution is -2.60. The van der Waals surface area contributed by atoms with Crippen LogP contribution in [0.3, 0.4) is 0 Å². The van der Waals surface area contributed by atoms with Gasteiger partial charge < -0.3 is 0 Å². The van der Waals surface area contributed by atoms with Gasteiger partial charge in [-0.3, -0.25) is 24.4 Å². The molecule has 1 atom stereocenters. The predicted octanol–water partition coefficient (Wildman–Crippen LogP) is 3.48. The number of Topliss-reactive ketones (excluding diaryl/α,β-unsaturated/α-hetero) is 2. The normalized spacial score (nSPS) is 22.0. The van der Waals surface area contributed by atoms with Crippen LogP contribution < -0.4 is 0 Å². The van der Waals surface area contributed by atoms with E-state index in [1.165, 1.54) is 5.56 Å². The summed E-state index contributed by atoms with van der Waals surface area (Å²) in [6.07, 6.45) is 3.67. The van der Waals surface area contributed by atoms with Gasteiger partial charge in [-0.2, -0.15) is 0 Å². The van der Waals surface area contributed by atoms with Gasteiger partial charge in [0.25, 0.3) is 0 Å². The van der Waals surface area contributed by atoms with Gasteiger partial charge in [0.05, 0.1) is 0 Å². The van der Waals surface area contributed by atoms with Gasteiger partial charge in [0, 0.05) is 56.2 Å². The Bertz CT molecular complexity index is 1120. The van der Waals surface area contributed by atoms with Crippen LogP contribution in [0.4, 0.5) is 0 Å². The Labute approximate surface area is 182 Å². The molecule has 5 heteroatoms. The first-order valence-electron chi connectivity index (χ1n) is 10.7. The van der Waals surface area contributed by atoms with Crippen molar-refractivity contribution in [2.45, 2.75) is 19.0 Å². The number of aryl methyl sites for hydroxylation is 1. The summed E-state index contributed by atoms with van der Waals surface area (Å²) in [4.78, 5) is 36.5. The summed E-state index contributed by atoms with van der Waals surface area (Å²) in [5, 5.41) is 0. The van der Waals surface area contributed by atoms with Crippen molar-refractivity contribution in [1.82, 2.24) is 14.8 Å². The molecule has 2 heterocycles. The summed E-state index contributed by atoms with van der Waals surface area (Å²) in [5.74, 6) is -0.180. The van der Waals surface area contributed by atoms with Crippen LogP contribution in [0.15, 0.2) is 73.1 Å². The minimum atomic E-state index is -1.27. The molecule has 5 rings (SSSR count). The minimum Gasteiger partial charge on any atom is -0.296 e. The second-order valence-electron chi connectivity index (χ2n) is 8.36. The highest BCUT2D eigenvalue weighted by molar-refractivity contribution is 6.33. The highest BCUT2D eigenvalue weighted by Crippen LogP contribution is 2.43. The van der Waals surface area contributed by atoms with Crippen LogP contribution in [-0.2, 0) is 12.1 Å². The van der Waals surface area contributed by atoms with Gasteiger partial charge in [0.1, 0.15) is 0 Å². The van der Waals surface area contributed by atoms with E-state index in [0.29, 0.717) is 24.2 Å². The Hall–Kier alpha value is -3.15. The van der Waals surface area contributed by atoms with Crippen molar-refractivity contribution in [2.24, 2.45) is 0 Å². The third-order valence-corrected chi connectivity index (χ3v) is 6.57. The SMILES string of the molecule is Cc1cccc2c1C(=O)C(c1ccccc1)(N1CCN(Cc3cccnc3)CC1)C2=O. The van der Waals surface area contributed by atoms with E-state index < -0.39 is 5.54 Å². The molecule has 1 unspecified atom stereocenters. The largest absolute Gasteiger partial charge is 0.296 e. The van der Waals surface area contributed by atoms with Crippen molar-refractivity contribution >= 4 is 11.6 Å². The van der Waals surface area contributed by atoms with Gasteiger partial charge in [-0.15, -0.1) is 0 Å². The fourth-order valence-corrected chi connectivity index (χ4v) is 5.04. The molecule has 2 aliphatic rings. The van der Waals surface area contributed by atoms with Crippen molar-refractivity contribution < 1.29 is 9.59 Å². The molecule has 1 aromatic heterocycles. The highest BCUT2D eigenvalue weighted by atomic mass is 16.2. The molecular weight excluding hydrogens is 386 g/mol. The number of carbonyl (C=O) groups excluding carboxylic acids is 2. The molecule has 156 valence electrons. The number of nitrogens with zero attached hydrogens (tertiary/aromatic N) is 3. The molecule has 1 saturated heterocycles. The lowest BCUT2D eigenvalue weighted by Gasteiger charge is -2.44. The number of fused-ring (bicyclic) bond motifs is 1. The van der Waals surface area contributed by atoms with Crippen LogP contribution in [0.2, 0.25) is 0 Å². The molecule has 2 aromatic carbocycles. The molecule has 1 aliphatic heterocycles. The van der Waals surface area contributed by atoms with E-state index in [2.05, 4.69) is 20.9 Å². The summed E-state index contributed by atoms with van der Waals surface area (Å²) in [6, 6.07) is 19.2. The smallest absolute Gasteiger partial charge is 0.196 e. The maximum atomic E-state index is 13.9. The van der Waals surface area contributed by atoms with Gasteiger partial charge in [-0.05, 0) is 29.7 Å². The molecule has 0 N–H and O–H groups in total. The lowest BCUT2D eigenvalue weighted by molar-refractivity contribution is 0.0279. The number of carbonyl (C=O) groups is 2. The van der Waals surface area contributed by atoms with Gasteiger partial charge in [0.15, 0.2) is 17.1 Å². The van der Waals surface area contributed by atoms with Crippen LogP contribution >= 0.6 is 0 Å². The highest BCUT2D eigenvalue weighted by Gasteiger charge is 2.58. The fraction of sp³-hybridized carbons (Fsp3) is 0.269. The molecule has 0 radical (unpaired) electrons. The van der Waals surface area contributed by atoms with Crippen molar-refractivity contribution in [3.05, 3.63) is 101 Å². The van der Waals surface area contributed by atoms with Gasteiger partial charge in [-0.25, -0.2) is 0 Å². The van der Waals surface area contributed by atoms with Crippen LogP contribution in [0.25, 0.3) is 0 Å². The number of ketones is 2. The first-order valence-corrected chi connectivity index (χ1v) is 10.7. The predicted molar refractivity (Wildman–Crippen MR) is 119 cm³/mol. The topological polar surface area (TPSA) is 53.5 Å². The molecule has 0 amide bonds. The third kappa shape index (κ3) is 3.12. The Morgan fingerprint density at radius 1 is 0.871 bits per heavy atom. The van der Waals surface area contributed by atoms with Gasteiger partial charge >= 0.3 is 0 Å². The van der Waals surface area contributed by atoms with Crippen molar-refractivity contribution in [3.8, 4) is 0 Å². The fourth-order valence-electron chi connectivity index (χ4n) is 5.04. The summed E-state index contributed by atoms with van der Waals surface area (Å²) < 4.78 is 0. The zero-order chi connectivity index (χ0) is 21.4. The monoisotopic (exact) mass is 411 g/mol. The Kier molecular flexibility index (Phi) is 5.00. The number of aromatic nitrogens is 1. The average Bonchev–Trinajstić information content (AvgIpc) is 3.04. The Morgan fingerprint density at radius 3 is 2.32 bits per heavy atom. The van der Waals surface area contributed by atoms with E-state index in [1.807, 2.05) is 61.7 Å². The lowest BCUT2D eigenvalue weighted by atomic mass is 9.82. The molecule has 0 saturated carbocycles. The maximum absolute atomic E-state index is 13.9. The van der Waals surface area contributed by atoms with Crippen LogP contribution in [0, 0.1) is 6.92 Å². The Morgan fingerprint density at radius 2 is 1.65 bits per heavy atom. The summed E-state index contributed by atoms with van der Waals surface area (Å²) in [7, 11) is 0. The van der Waals surface area contributed by atoms with Crippen molar-refractivity contribution in [3.63, 3.8) is 0 Å². The Balaban J connectivity index is 1.49. The van der Waals surface area contributed by atoms with E-state index in [0.717, 1.165) is 30.8 Å². The molecular formula is C26H25N3O2. The molecule has 1 fully saturated rings.